The van der Waals surface area contributed by atoms with Crippen LogP contribution in [0.25, 0.3) is 0 Å². The lowest BCUT2D eigenvalue weighted by atomic mass is 10.1. The van der Waals surface area contributed by atoms with Crippen molar-refractivity contribution in [3.63, 3.8) is 0 Å². The van der Waals surface area contributed by atoms with Gasteiger partial charge in [0, 0.05) is 12.6 Å². The SMILES string of the molecule is COC(=O)C1(O)CC(C=O)NN1c1ncccc1Cl. The number of aliphatic hydroxyl groups is 1. The highest BCUT2D eigenvalue weighted by Crippen LogP contribution is 2.33. The number of hydrogen-bond donors (Lipinski definition) is 2. The predicted molar refractivity (Wildman–Crippen MR) is 66.3 cm³/mol. The fourth-order valence-electron chi connectivity index (χ4n) is 1.91. The largest absolute Gasteiger partial charge is 0.465 e. The number of aromatic nitrogens is 1. The Morgan fingerprint density at radius 2 is 2.53 bits per heavy atom. The van der Waals surface area contributed by atoms with Gasteiger partial charge in [0.1, 0.15) is 6.29 Å². The second-order valence-corrected chi connectivity index (χ2v) is 4.44. The first-order valence-electron chi connectivity index (χ1n) is 5.46. The lowest BCUT2D eigenvalue weighted by Gasteiger charge is -2.30. The molecule has 0 aromatic carbocycles. The van der Waals surface area contributed by atoms with Crippen molar-refractivity contribution in [2.75, 3.05) is 12.1 Å². The van der Waals surface area contributed by atoms with E-state index in [1.165, 1.54) is 6.20 Å². The average Bonchev–Trinajstić information content (AvgIpc) is 2.77. The first-order chi connectivity index (χ1) is 9.02. The van der Waals surface area contributed by atoms with Gasteiger partial charge in [0.15, 0.2) is 5.82 Å². The summed E-state index contributed by atoms with van der Waals surface area (Å²) in [6, 6.07) is 2.43. The molecule has 2 atom stereocenters. The Morgan fingerprint density at radius 1 is 1.79 bits per heavy atom. The van der Waals surface area contributed by atoms with Gasteiger partial charge in [-0.1, -0.05) is 11.6 Å². The number of methoxy groups -OCH3 is 1. The second kappa shape index (κ2) is 5.12. The maximum Gasteiger partial charge on any atom is 0.361 e. The summed E-state index contributed by atoms with van der Waals surface area (Å²) < 4.78 is 4.56. The number of esters is 1. The van der Waals surface area contributed by atoms with Gasteiger partial charge in [-0.05, 0) is 12.1 Å². The molecule has 0 amide bonds. The number of pyridine rings is 1. The van der Waals surface area contributed by atoms with Crippen molar-refractivity contribution in [1.29, 1.82) is 0 Å². The van der Waals surface area contributed by atoms with E-state index in [9.17, 15) is 14.7 Å². The second-order valence-electron chi connectivity index (χ2n) is 4.03. The van der Waals surface area contributed by atoms with E-state index in [1.807, 2.05) is 0 Å². The van der Waals surface area contributed by atoms with Crippen LogP contribution in [0.3, 0.4) is 0 Å². The number of nitrogens with zero attached hydrogens (tertiary/aromatic N) is 2. The first-order valence-corrected chi connectivity index (χ1v) is 5.83. The molecule has 8 heteroatoms. The van der Waals surface area contributed by atoms with Gasteiger partial charge in [-0.15, -0.1) is 0 Å². The molecule has 1 fully saturated rings. The van der Waals surface area contributed by atoms with E-state index in [4.69, 9.17) is 11.6 Å². The third kappa shape index (κ3) is 2.27. The third-order valence-electron chi connectivity index (χ3n) is 2.80. The molecule has 0 spiro atoms. The monoisotopic (exact) mass is 285 g/mol. The van der Waals surface area contributed by atoms with E-state index < -0.39 is 17.7 Å². The smallest absolute Gasteiger partial charge is 0.361 e. The molecule has 1 aromatic heterocycles. The molecule has 2 heterocycles. The highest BCUT2D eigenvalue weighted by atomic mass is 35.5. The lowest BCUT2D eigenvalue weighted by molar-refractivity contribution is -0.161. The van der Waals surface area contributed by atoms with Crippen molar-refractivity contribution in [2.45, 2.75) is 18.2 Å². The van der Waals surface area contributed by atoms with Crippen LogP contribution in [-0.2, 0) is 14.3 Å². The Bertz CT molecular complexity index is 512. The number of aldehydes is 1. The fraction of sp³-hybridized carbons (Fsp3) is 0.364. The van der Waals surface area contributed by atoms with Crippen molar-refractivity contribution in [1.82, 2.24) is 10.4 Å². The Morgan fingerprint density at radius 3 is 3.11 bits per heavy atom. The van der Waals surface area contributed by atoms with E-state index in [-0.39, 0.29) is 17.3 Å². The van der Waals surface area contributed by atoms with Crippen molar-refractivity contribution in [3.05, 3.63) is 23.4 Å². The Kier molecular flexibility index (Phi) is 3.70. The normalized spacial score (nSPS) is 26.3. The minimum atomic E-state index is -2.03. The van der Waals surface area contributed by atoms with Gasteiger partial charge in [0.05, 0.1) is 18.2 Å². The number of hydrogen-bond acceptors (Lipinski definition) is 7. The van der Waals surface area contributed by atoms with E-state index >= 15 is 0 Å². The first kappa shape index (κ1) is 13.7. The molecule has 102 valence electrons. The van der Waals surface area contributed by atoms with Crippen LogP contribution in [0, 0.1) is 0 Å². The summed E-state index contributed by atoms with van der Waals surface area (Å²) in [6.45, 7) is 0. The van der Waals surface area contributed by atoms with Crippen LogP contribution >= 0.6 is 11.6 Å². The molecule has 1 saturated heterocycles. The molecule has 0 saturated carbocycles. The highest BCUT2D eigenvalue weighted by molar-refractivity contribution is 6.33. The van der Waals surface area contributed by atoms with Gasteiger partial charge >= 0.3 is 5.97 Å². The van der Waals surface area contributed by atoms with E-state index in [0.717, 1.165) is 12.1 Å². The summed E-state index contributed by atoms with van der Waals surface area (Å²) in [5.74, 6) is -0.757. The zero-order valence-electron chi connectivity index (χ0n) is 10.0. The topological polar surface area (TPSA) is 91.8 Å². The van der Waals surface area contributed by atoms with E-state index in [2.05, 4.69) is 15.1 Å². The number of anilines is 1. The fourth-order valence-corrected chi connectivity index (χ4v) is 2.12. The zero-order valence-corrected chi connectivity index (χ0v) is 10.8. The van der Waals surface area contributed by atoms with Gasteiger partial charge in [-0.25, -0.2) is 20.2 Å². The summed E-state index contributed by atoms with van der Waals surface area (Å²) >= 11 is 5.97. The molecule has 1 aromatic rings. The standard InChI is InChI=1S/C11H12ClN3O4/c1-19-10(17)11(18)5-7(6-16)14-15(11)9-8(12)3-2-4-13-9/h2-4,6-7,14,18H,5H2,1H3. The molecule has 19 heavy (non-hydrogen) atoms. The molecule has 0 aliphatic carbocycles. The van der Waals surface area contributed by atoms with Crippen molar-refractivity contribution >= 4 is 29.7 Å². The summed E-state index contributed by atoms with van der Waals surface area (Å²) in [7, 11) is 1.15. The van der Waals surface area contributed by atoms with E-state index in [0.29, 0.717) is 6.29 Å². The van der Waals surface area contributed by atoms with Crippen LogP contribution in [0.2, 0.25) is 5.02 Å². The maximum absolute atomic E-state index is 11.8. The zero-order chi connectivity index (χ0) is 14.0. The minimum Gasteiger partial charge on any atom is -0.465 e. The van der Waals surface area contributed by atoms with Crippen molar-refractivity contribution < 1.29 is 19.4 Å². The number of rotatable bonds is 3. The van der Waals surface area contributed by atoms with Gasteiger partial charge < -0.3 is 14.6 Å². The van der Waals surface area contributed by atoms with Gasteiger partial charge in [0.2, 0.25) is 0 Å². The van der Waals surface area contributed by atoms with E-state index in [1.54, 1.807) is 12.1 Å². The minimum absolute atomic E-state index is 0.140. The Balaban J connectivity index is 2.44. The molecule has 7 nitrogen and oxygen atoms in total. The summed E-state index contributed by atoms with van der Waals surface area (Å²) in [5.41, 5.74) is 0.642. The molecule has 0 bridgehead atoms. The number of carbonyl (C=O) groups excluding carboxylic acids is 2. The number of nitrogens with one attached hydrogen (secondary N) is 1. The molecule has 2 unspecified atom stereocenters. The van der Waals surface area contributed by atoms with Crippen LogP contribution in [0.5, 0.6) is 0 Å². The average molecular weight is 286 g/mol. The van der Waals surface area contributed by atoms with Gasteiger partial charge in [-0.3, -0.25) is 0 Å². The van der Waals surface area contributed by atoms with Crippen LogP contribution in [-0.4, -0.2) is 41.2 Å². The number of ether oxygens (including phenoxy) is 1. The summed E-state index contributed by atoms with van der Waals surface area (Å²) in [6.07, 6.45) is 1.88. The van der Waals surface area contributed by atoms with Crippen LogP contribution in [0.15, 0.2) is 18.3 Å². The van der Waals surface area contributed by atoms with Crippen molar-refractivity contribution in [3.8, 4) is 0 Å². The maximum atomic E-state index is 11.8. The van der Waals surface area contributed by atoms with Crippen molar-refractivity contribution in [2.24, 2.45) is 0 Å². The molecule has 1 aliphatic rings. The van der Waals surface area contributed by atoms with Gasteiger partial charge in [-0.2, -0.15) is 0 Å². The Labute approximate surface area is 114 Å². The number of carbonyl (C=O) groups is 2. The number of hydrazine groups is 1. The quantitative estimate of drug-likeness (QED) is 0.591. The number of halogens is 1. The molecular formula is C11H12ClN3O4. The lowest BCUT2D eigenvalue weighted by Crippen LogP contribution is -2.55. The van der Waals surface area contributed by atoms with Crippen LogP contribution in [0.4, 0.5) is 5.82 Å². The molecule has 2 N–H and O–H groups in total. The third-order valence-corrected chi connectivity index (χ3v) is 3.09. The summed E-state index contributed by atoms with van der Waals surface area (Å²) in [4.78, 5) is 26.6. The summed E-state index contributed by atoms with van der Waals surface area (Å²) in [5, 5.41) is 11.7. The Hall–Kier alpha value is -1.70. The van der Waals surface area contributed by atoms with Gasteiger partial charge in [0.25, 0.3) is 5.72 Å². The molecule has 1 aliphatic heterocycles. The highest BCUT2D eigenvalue weighted by Gasteiger charge is 2.52. The molecule has 2 rings (SSSR count). The van der Waals surface area contributed by atoms with Crippen LogP contribution in [0.1, 0.15) is 6.42 Å². The van der Waals surface area contributed by atoms with Crippen LogP contribution < -0.4 is 10.4 Å². The molecule has 0 radical (unpaired) electrons. The molecular weight excluding hydrogens is 274 g/mol. The predicted octanol–water partition coefficient (Wildman–Crippen LogP) is -0.121.